The molecule has 3 aromatic rings. The molecule has 2 aromatic heterocycles. The number of benzene rings is 1. The number of hydrogen-bond donors (Lipinski definition) is 1. The Morgan fingerprint density at radius 2 is 2.04 bits per heavy atom. The first-order chi connectivity index (χ1) is 13.8. The molecule has 0 aliphatic heterocycles. The van der Waals surface area contributed by atoms with Crippen LogP contribution in [-0.4, -0.2) is 27.2 Å². The van der Waals surface area contributed by atoms with E-state index < -0.39 is 0 Å². The fourth-order valence-corrected chi connectivity index (χ4v) is 3.48. The summed E-state index contributed by atoms with van der Waals surface area (Å²) in [6.07, 6.45) is 10.00. The molecule has 0 unspecified atom stereocenters. The lowest BCUT2D eigenvalue weighted by molar-refractivity contribution is -0.121. The monoisotopic (exact) mass is 376 g/mol. The number of nitrogens with one attached hydrogen (secondary N) is 1. The van der Waals surface area contributed by atoms with Crippen LogP contribution in [0.3, 0.4) is 0 Å². The van der Waals surface area contributed by atoms with Crippen molar-refractivity contribution in [3.63, 3.8) is 0 Å². The molecule has 0 radical (unpaired) electrons. The number of carbonyl (C=O) groups is 1. The third-order valence-electron chi connectivity index (χ3n) is 4.97. The summed E-state index contributed by atoms with van der Waals surface area (Å²) in [6, 6.07) is 13.4. The highest BCUT2D eigenvalue weighted by Gasteiger charge is 2.15. The van der Waals surface area contributed by atoms with Gasteiger partial charge < -0.3 is 14.4 Å². The molecule has 0 spiro atoms. The van der Waals surface area contributed by atoms with Gasteiger partial charge in [0.05, 0.1) is 0 Å². The maximum absolute atomic E-state index is 12.3. The highest BCUT2D eigenvalue weighted by molar-refractivity contribution is 5.76. The summed E-state index contributed by atoms with van der Waals surface area (Å²) in [5.74, 6) is 0.925. The topological polar surface area (TPSA) is 73.0 Å². The average Bonchev–Trinajstić information content (AvgIpc) is 3.39. The van der Waals surface area contributed by atoms with Gasteiger partial charge >= 0.3 is 0 Å². The molecule has 0 saturated heterocycles. The van der Waals surface area contributed by atoms with Crippen molar-refractivity contribution >= 4 is 5.91 Å². The molecule has 1 N–H and O–H groups in total. The van der Waals surface area contributed by atoms with E-state index in [2.05, 4.69) is 21.5 Å². The molecule has 1 aromatic carbocycles. The van der Waals surface area contributed by atoms with Gasteiger partial charge in [-0.3, -0.25) is 4.79 Å². The first-order valence-corrected chi connectivity index (χ1v) is 9.79. The molecule has 1 aliphatic rings. The largest absolute Gasteiger partial charge is 0.354 e. The third-order valence-corrected chi connectivity index (χ3v) is 4.97. The van der Waals surface area contributed by atoms with E-state index in [1.807, 2.05) is 53.2 Å². The van der Waals surface area contributed by atoms with E-state index in [1.54, 1.807) is 0 Å². The van der Waals surface area contributed by atoms with Gasteiger partial charge in [0, 0.05) is 18.3 Å². The Bertz CT molecular complexity index is 956. The van der Waals surface area contributed by atoms with Gasteiger partial charge in [-0.25, -0.2) is 0 Å². The predicted molar refractivity (Wildman–Crippen MR) is 107 cm³/mol. The summed E-state index contributed by atoms with van der Waals surface area (Å²) >= 11 is 0. The van der Waals surface area contributed by atoms with Crippen molar-refractivity contribution in [2.24, 2.45) is 0 Å². The summed E-state index contributed by atoms with van der Waals surface area (Å²) in [5.41, 5.74) is 3.10. The fourth-order valence-electron chi connectivity index (χ4n) is 3.48. The summed E-state index contributed by atoms with van der Waals surface area (Å²) in [4.78, 5) is 16.8. The van der Waals surface area contributed by atoms with E-state index >= 15 is 0 Å². The van der Waals surface area contributed by atoms with Gasteiger partial charge in [-0.15, -0.1) is 0 Å². The van der Waals surface area contributed by atoms with Crippen LogP contribution in [0.2, 0.25) is 0 Å². The molecule has 6 heteroatoms. The quantitative estimate of drug-likeness (QED) is 0.627. The number of nitrogens with zero attached hydrogens (tertiary/aromatic N) is 3. The van der Waals surface area contributed by atoms with Crippen molar-refractivity contribution in [3.8, 4) is 23.0 Å². The predicted octanol–water partition coefficient (Wildman–Crippen LogP) is 4.21. The second-order valence-corrected chi connectivity index (χ2v) is 7.02. The van der Waals surface area contributed by atoms with Gasteiger partial charge in [0.2, 0.25) is 11.7 Å². The number of aromatic nitrogens is 3. The van der Waals surface area contributed by atoms with Crippen LogP contribution in [0.25, 0.3) is 23.0 Å². The first-order valence-electron chi connectivity index (χ1n) is 9.79. The van der Waals surface area contributed by atoms with Gasteiger partial charge in [0.1, 0.15) is 12.2 Å². The van der Waals surface area contributed by atoms with E-state index in [-0.39, 0.29) is 12.5 Å². The standard InChI is InChI=1S/C22H24N4O2/c27-20(23-14-13-17-8-3-1-4-9-17)16-26-15-7-12-19(26)22-24-21(25-28-22)18-10-5-2-6-11-18/h2,5-8,10-12,15H,1,3-4,9,13-14,16H2,(H,23,27). The zero-order chi connectivity index (χ0) is 19.2. The normalized spacial score (nSPS) is 13.9. The molecule has 144 valence electrons. The molecule has 2 heterocycles. The van der Waals surface area contributed by atoms with Crippen molar-refractivity contribution < 1.29 is 9.32 Å². The zero-order valence-electron chi connectivity index (χ0n) is 15.8. The smallest absolute Gasteiger partial charge is 0.274 e. The van der Waals surface area contributed by atoms with E-state index in [1.165, 1.54) is 31.3 Å². The molecule has 1 amide bonds. The maximum Gasteiger partial charge on any atom is 0.274 e. The Kier molecular flexibility index (Phi) is 5.66. The summed E-state index contributed by atoms with van der Waals surface area (Å²) < 4.78 is 7.26. The van der Waals surface area contributed by atoms with Crippen molar-refractivity contribution in [1.29, 1.82) is 0 Å². The van der Waals surface area contributed by atoms with Crippen molar-refractivity contribution in [2.75, 3.05) is 6.54 Å². The van der Waals surface area contributed by atoms with Crippen molar-refractivity contribution in [1.82, 2.24) is 20.0 Å². The van der Waals surface area contributed by atoms with Crippen LogP contribution in [0, 0.1) is 0 Å². The number of carbonyl (C=O) groups excluding carboxylic acids is 1. The minimum atomic E-state index is -0.0170. The zero-order valence-corrected chi connectivity index (χ0v) is 15.8. The van der Waals surface area contributed by atoms with Crippen LogP contribution in [0.5, 0.6) is 0 Å². The van der Waals surface area contributed by atoms with E-state index in [9.17, 15) is 4.79 Å². The van der Waals surface area contributed by atoms with E-state index in [0.717, 1.165) is 17.7 Å². The fraction of sp³-hybridized carbons (Fsp3) is 0.318. The van der Waals surface area contributed by atoms with Crippen molar-refractivity contribution in [3.05, 3.63) is 60.3 Å². The van der Waals surface area contributed by atoms with Crippen LogP contribution < -0.4 is 5.32 Å². The maximum atomic E-state index is 12.3. The summed E-state index contributed by atoms with van der Waals surface area (Å²) in [6.45, 7) is 0.907. The SMILES string of the molecule is O=C(Cn1cccc1-c1nc(-c2ccccc2)no1)NCCC1=CCCCC1. The lowest BCUT2D eigenvalue weighted by Crippen LogP contribution is -2.28. The second-order valence-electron chi connectivity index (χ2n) is 7.02. The Labute approximate surface area is 164 Å². The minimum absolute atomic E-state index is 0.0170. The number of allylic oxidation sites excluding steroid dienone is 1. The molecule has 0 saturated carbocycles. The van der Waals surface area contributed by atoms with Gasteiger partial charge in [0.15, 0.2) is 0 Å². The van der Waals surface area contributed by atoms with Gasteiger partial charge in [-0.1, -0.05) is 47.1 Å². The van der Waals surface area contributed by atoms with Gasteiger partial charge in [-0.05, 0) is 44.2 Å². The Morgan fingerprint density at radius 1 is 1.14 bits per heavy atom. The molecular formula is C22H24N4O2. The highest BCUT2D eigenvalue weighted by atomic mass is 16.5. The molecule has 4 rings (SSSR count). The second kappa shape index (κ2) is 8.69. The Balaban J connectivity index is 1.37. The first kappa shape index (κ1) is 18.2. The van der Waals surface area contributed by atoms with Crippen LogP contribution in [0.4, 0.5) is 0 Å². The number of amides is 1. The van der Waals surface area contributed by atoms with Crippen LogP contribution >= 0.6 is 0 Å². The molecule has 0 atom stereocenters. The van der Waals surface area contributed by atoms with E-state index in [4.69, 9.17) is 4.52 Å². The summed E-state index contributed by atoms with van der Waals surface area (Å²) in [5, 5.41) is 7.07. The van der Waals surface area contributed by atoms with E-state index in [0.29, 0.717) is 18.3 Å². The molecular weight excluding hydrogens is 352 g/mol. The molecule has 1 aliphatic carbocycles. The van der Waals surface area contributed by atoms with Gasteiger partial charge in [0.25, 0.3) is 5.89 Å². The Morgan fingerprint density at radius 3 is 2.86 bits per heavy atom. The minimum Gasteiger partial charge on any atom is -0.354 e. The summed E-state index contributed by atoms with van der Waals surface area (Å²) in [7, 11) is 0. The Hall–Kier alpha value is -3.15. The molecule has 0 fully saturated rings. The van der Waals surface area contributed by atoms with Gasteiger partial charge in [-0.2, -0.15) is 4.98 Å². The molecule has 6 nitrogen and oxygen atoms in total. The lowest BCUT2D eigenvalue weighted by atomic mass is 9.97. The lowest BCUT2D eigenvalue weighted by Gasteiger charge is -2.13. The third kappa shape index (κ3) is 4.39. The molecule has 28 heavy (non-hydrogen) atoms. The number of rotatable bonds is 7. The highest BCUT2D eigenvalue weighted by Crippen LogP contribution is 2.23. The average molecular weight is 376 g/mol. The van der Waals surface area contributed by atoms with Crippen molar-refractivity contribution in [2.45, 2.75) is 38.6 Å². The number of hydrogen-bond acceptors (Lipinski definition) is 4. The molecule has 0 bridgehead atoms. The van der Waals surface area contributed by atoms with Crippen LogP contribution in [-0.2, 0) is 11.3 Å². The van der Waals surface area contributed by atoms with Crippen LogP contribution in [0.1, 0.15) is 32.1 Å². The van der Waals surface area contributed by atoms with Crippen LogP contribution in [0.15, 0.2) is 64.8 Å².